The van der Waals surface area contributed by atoms with Crippen LogP contribution in [0.25, 0.3) is 0 Å². The molecule has 0 bridgehead atoms. The van der Waals surface area contributed by atoms with Gasteiger partial charge in [-0.05, 0) is 19.9 Å². The van der Waals surface area contributed by atoms with Crippen LogP contribution in [0.5, 0.6) is 5.75 Å². The summed E-state index contributed by atoms with van der Waals surface area (Å²) in [6.07, 6.45) is -0.127. The molecule has 1 amide bonds. The summed E-state index contributed by atoms with van der Waals surface area (Å²) in [6, 6.07) is 7.71. The molecule has 1 saturated heterocycles. The van der Waals surface area contributed by atoms with Crippen molar-refractivity contribution < 1.29 is 14.3 Å². The number of rotatable bonds is 4. The molecule has 1 fully saturated rings. The Balaban J connectivity index is 2.20. The number of nitrogens with two attached hydrogens (primary N) is 1. The zero-order valence-electron chi connectivity index (χ0n) is 12.3. The number of carbonyl (C=O) groups is 1. The SMILES string of the molecule is COc1ccccc1CN1CC(CN)OC(C)(C)C1=O. The highest BCUT2D eigenvalue weighted by atomic mass is 16.5. The van der Waals surface area contributed by atoms with Crippen LogP contribution in [0, 0.1) is 0 Å². The Hall–Kier alpha value is -1.59. The first-order valence-corrected chi connectivity index (χ1v) is 6.77. The van der Waals surface area contributed by atoms with E-state index in [9.17, 15) is 4.79 Å². The number of methoxy groups -OCH3 is 1. The van der Waals surface area contributed by atoms with Crippen LogP contribution >= 0.6 is 0 Å². The van der Waals surface area contributed by atoms with Crippen molar-refractivity contribution in [1.29, 1.82) is 0 Å². The Kier molecular flexibility index (Phi) is 4.30. The maximum absolute atomic E-state index is 12.4. The first kappa shape index (κ1) is 14.8. The van der Waals surface area contributed by atoms with Crippen LogP contribution in [0.1, 0.15) is 19.4 Å². The van der Waals surface area contributed by atoms with Crippen LogP contribution < -0.4 is 10.5 Å². The van der Waals surface area contributed by atoms with Gasteiger partial charge in [-0.2, -0.15) is 0 Å². The highest BCUT2D eigenvalue weighted by Gasteiger charge is 2.40. The van der Waals surface area contributed by atoms with Crippen molar-refractivity contribution in [2.75, 3.05) is 20.2 Å². The Labute approximate surface area is 119 Å². The van der Waals surface area contributed by atoms with Crippen LogP contribution in [-0.2, 0) is 16.1 Å². The largest absolute Gasteiger partial charge is 0.496 e. The van der Waals surface area contributed by atoms with E-state index in [-0.39, 0.29) is 12.0 Å². The molecule has 0 aliphatic carbocycles. The fraction of sp³-hybridized carbons (Fsp3) is 0.533. The molecule has 5 nitrogen and oxygen atoms in total. The van der Waals surface area contributed by atoms with Gasteiger partial charge in [-0.15, -0.1) is 0 Å². The topological polar surface area (TPSA) is 64.8 Å². The van der Waals surface area contributed by atoms with Crippen molar-refractivity contribution in [2.45, 2.75) is 32.1 Å². The lowest BCUT2D eigenvalue weighted by molar-refractivity contribution is -0.179. The van der Waals surface area contributed by atoms with Crippen molar-refractivity contribution in [3.8, 4) is 5.75 Å². The van der Waals surface area contributed by atoms with E-state index in [0.717, 1.165) is 11.3 Å². The van der Waals surface area contributed by atoms with Crippen molar-refractivity contribution in [2.24, 2.45) is 5.73 Å². The Morgan fingerprint density at radius 2 is 2.15 bits per heavy atom. The van der Waals surface area contributed by atoms with E-state index in [1.165, 1.54) is 0 Å². The third-order valence-corrected chi connectivity index (χ3v) is 3.50. The zero-order valence-corrected chi connectivity index (χ0v) is 12.3. The predicted molar refractivity (Wildman–Crippen MR) is 76.4 cm³/mol. The fourth-order valence-corrected chi connectivity index (χ4v) is 2.51. The molecule has 0 spiro atoms. The van der Waals surface area contributed by atoms with E-state index in [0.29, 0.717) is 19.6 Å². The number of carbonyl (C=O) groups excluding carboxylic acids is 1. The summed E-state index contributed by atoms with van der Waals surface area (Å²) in [4.78, 5) is 14.2. The Bertz CT molecular complexity index is 488. The van der Waals surface area contributed by atoms with Crippen LogP contribution in [0.2, 0.25) is 0 Å². The van der Waals surface area contributed by atoms with Crippen molar-refractivity contribution in [3.63, 3.8) is 0 Å². The summed E-state index contributed by atoms with van der Waals surface area (Å²) < 4.78 is 11.0. The maximum atomic E-state index is 12.4. The molecule has 1 aromatic carbocycles. The van der Waals surface area contributed by atoms with E-state index in [4.69, 9.17) is 15.2 Å². The Morgan fingerprint density at radius 1 is 1.45 bits per heavy atom. The lowest BCUT2D eigenvalue weighted by Gasteiger charge is -2.41. The molecule has 0 aromatic heterocycles. The molecule has 2 rings (SSSR count). The van der Waals surface area contributed by atoms with E-state index in [1.54, 1.807) is 25.9 Å². The van der Waals surface area contributed by atoms with Gasteiger partial charge >= 0.3 is 0 Å². The molecule has 1 unspecified atom stereocenters. The molecule has 1 atom stereocenters. The zero-order chi connectivity index (χ0) is 14.8. The third-order valence-electron chi connectivity index (χ3n) is 3.50. The molecule has 2 N–H and O–H groups in total. The second-order valence-corrected chi connectivity index (χ2v) is 5.48. The summed E-state index contributed by atoms with van der Waals surface area (Å²) in [5.74, 6) is 0.766. The molecule has 1 heterocycles. The van der Waals surface area contributed by atoms with Gasteiger partial charge in [0.25, 0.3) is 5.91 Å². The van der Waals surface area contributed by atoms with Gasteiger partial charge in [-0.3, -0.25) is 4.79 Å². The van der Waals surface area contributed by atoms with Crippen LogP contribution in [0.4, 0.5) is 0 Å². The first-order chi connectivity index (χ1) is 9.47. The molecule has 110 valence electrons. The van der Waals surface area contributed by atoms with Crippen LogP contribution in [0.3, 0.4) is 0 Å². The highest BCUT2D eigenvalue weighted by Crippen LogP contribution is 2.26. The molecule has 0 radical (unpaired) electrons. The standard InChI is InChI=1S/C15H22N2O3/c1-15(2)14(18)17(10-12(8-16)20-15)9-11-6-4-5-7-13(11)19-3/h4-7,12H,8-10,16H2,1-3H3. The third kappa shape index (κ3) is 2.94. The number of nitrogens with zero attached hydrogens (tertiary/aromatic N) is 1. The summed E-state index contributed by atoms with van der Waals surface area (Å²) >= 11 is 0. The molecular formula is C15H22N2O3. The number of hydrogen-bond acceptors (Lipinski definition) is 4. The van der Waals surface area contributed by atoms with Gasteiger partial charge in [0.2, 0.25) is 0 Å². The monoisotopic (exact) mass is 278 g/mol. The van der Waals surface area contributed by atoms with E-state index in [1.807, 2.05) is 24.3 Å². The second kappa shape index (κ2) is 5.81. The summed E-state index contributed by atoms with van der Waals surface area (Å²) in [5, 5.41) is 0. The molecule has 0 saturated carbocycles. The average Bonchev–Trinajstić information content (AvgIpc) is 2.44. The van der Waals surface area contributed by atoms with Gasteiger partial charge in [-0.25, -0.2) is 0 Å². The summed E-state index contributed by atoms with van der Waals surface area (Å²) in [6.45, 7) is 4.99. The molecule has 1 aromatic rings. The highest BCUT2D eigenvalue weighted by molar-refractivity contribution is 5.85. The summed E-state index contributed by atoms with van der Waals surface area (Å²) in [7, 11) is 1.63. The number of hydrogen-bond donors (Lipinski definition) is 1. The maximum Gasteiger partial charge on any atom is 0.254 e. The molecule has 1 aliphatic heterocycles. The first-order valence-electron chi connectivity index (χ1n) is 6.77. The fourth-order valence-electron chi connectivity index (χ4n) is 2.51. The summed E-state index contributed by atoms with van der Waals surface area (Å²) in [5.41, 5.74) is 5.85. The number of amides is 1. The minimum atomic E-state index is -0.829. The van der Waals surface area contributed by atoms with Crippen molar-refractivity contribution in [1.82, 2.24) is 4.90 Å². The molecular weight excluding hydrogens is 256 g/mol. The molecule has 1 aliphatic rings. The van der Waals surface area contributed by atoms with Gasteiger partial charge in [0.05, 0.1) is 13.2 Å². The number of benzene rings is 1. The van der Waals surface area contributed by atoms with Gasteiger partial charge in [0.1, 0.15) is 11.4 Å². The Morgan fingerprint density at radius 3 is 2.80 bits per heavy atom. The number of ether oxygens (including phenoxy) is 2. The second-order valence-electron chi connectivity index (χ2n) is 5.48. The number of morpholine rings is 1. The lowest BCUT2D eigenvalue weighted by atomic mass is 10.0. The van der Waals surface area contributed by atoms with Gasteiger partial charge < -0.3 is 20.1 Å². The molecule has 5 heteroatoms. The number of para-hydroxylation sites is 1. The van der Waals surface area contributed by atoms with Crippen molar-refractivity contribution in [3.05, 3.63) is 29.8 Å². The van der Waals surface area contributed by atoms with Crippen LogP contribution in [0.15, 0.2) is 24.3 Å². The minimum absolute atomic E-state index is 0.0203. The van der Waals surface area contributed by atoms with Gasteiger partial charge in [0.15, 0.2) is 0 Å². The van der Waals surface area contributed by atoms with E-state index in [2.05, 4.69) is 0 Å². The van der Waals surface area contributed by atoms with E-state index >= 15 is 0 Å². The quantitative estimate of drug-likeness (QED) is 0.897. The minimum Gasteiger partial charge on any atom is -0.496 e. The van der Waals surface area contributed by atoms with Crippen LogP contribution in [-0.4, -0.2) is 42.7 Å². The van der Waals surface area contributed by atoms with Gasteiger partial charge in [-0.1, -0.05) is 18.2 Å². The smallest absolute Gasteiger partial charge is 0.254 e. The van der Waals surface area contributed by atoms with Gasteiger partial charge in [0, 0.05) is 25.2 Å². The average molecular weight is 278 g/mol. The predicted octanol–water partition coefficient (Wildman–Crippen LogP) is 1.16. The normalized spacial score (nSPS) is 21.9. The van der Waals surface area contributed by atoms with Crippen molar-refractivity contribution >= 4 is 5.91 Å². The molecule has 20 heavy (non-hydrogen) atoms. The lowest BCUT2D eigenvalue weighted by Crippen LogP contribution is -2.58. The van der Waals surface area contributed by atoms with E-state index < -0.39 is 5.60 Å².